The van der Waals surface area contributed by atoms with E-state index in [1.807, 2.05) is 25.1 Å². The minimum atomic E-state index is 0.696. The average Bonchev–Trinajstić information content (AvgIpc) is 1.98. The molecule has 0 unspecified atom stereocenters. The van der Waals surface area contributed by atoms with E-state index in [1.165, 1.54) is 0 Å². The number of hydrogen-bond acceptors (Lipinski definition) is 2. The zero-order valence-corrected chi connectivity index (χ0v) is 7.02. The maximum atomic E-state index is 5.75. The molecule has 1 aromatic rings. The Morgan fingerprint density at radius 2 is 2.27 bits per heavy atom. The van der Waals surface area contributed by atoms with Crippen LogP contribution in [0.2, 0.25) is 5.02 Å². The number of hydrazone groups is 1. The summed E-state index contributed by atoms with van der Waals surface area (Å²) in [6.07, 6.45) is 0. The van der Waals surface area contributed by atoms with Crippen molar-refractivity contribution in [2.45, 2.75) is 6.92 Å². The minimum Gasteiger partial charge on any atom is -0.279 e. The first-order valence-electron chi connectivity index (χ1n) is 3.22. The smallest absolute Gasteiger partial charge is 0.0605 e. The summed E-state index contributed by atoms with van der Waals surface area (Å²) in [5, 5.41) is 4.25. The highest BCUT2D eigenvalue weighted by Crippen LogP contribution is 2.19. The van der Waals surface area contributed by atoms with Crippen LogP contribution in [0.5, 0.6) is 0 Å². The molecule has 1 aromatic carbocycles. The molecule has 0 fully saturated rings. The molecule has 1 N–H and O–H groups in total. The molecular formula is C8H9ClN2. The monoisotopic (exact) mass is 168 g/mol. The second-order valence-corrected chi connectivity index (χ2v) is 2.67. The third kappa shape index (κ3) is 1.95. The fourth-order valence-electron chi connectivity index (χ4n) is 0.800. The predicted molar refractivity (Wildman–Crippen MR) is 49.4 cm³/mol. The van der Waals surface area contributed by atoms with Crippen LogP contribution in [0, 0.1) is 6.92 Å². The van der Waals surface area contributed by atoms with Crippen LogP contribution in [-0.4, -0.2) is 6.72 Å². The van der Waals surface area contributed by atoms with Crippen LogP contribution < -0.4 is 5.43 Å². The predicted octanol–water partition coefficient (Wildman–Crippen LogP) is 2.68. The standard InChI is InChI=1S/C8H9ClN2/c1-6-3-4-7(9)5-8(6)11-10-2/h3-5,11H,2H2,1H3. The van der Waals surface area contributed by atoms with Gasteiger partial charge in [0.15, 0.2) is 0 Å². The molecule has 0 aliphatic heterocycles. The Morgan fingerprint density at radius 1 is 1.55 bits per heavy atom. The van der Waals surface area contributed by atoms with Crippen molar-refractivity contribution < 1.29 is 0 Å². The number of hydrogen-bond donors (Lipinski definition) is 1. The van der Waals surface area contributed by atoms with Gasteiger partial charge in [-0.15, -0.1) is 0 Å². The van der Waals surface area contributed by atoms with Crippen molar-refractivity contribution >= 4 is 24.0 Å². The normalized spacial score (nSPS) is 9.27. The van der Waals surface area contributed by atoms with E-state index in [2.05, 4.69) is 17.2 Å². The highest BCUT2D eigenvalue weighted by molar-refractivity contribution is 6.30. The first kappa shape index (κ1) is 8.08. The molecular weight excluding hydrogens is 160 g/mol. The van der Waals surface area contributed by atoms with Crippen molar-refractivity contribution in [3.63, 3.8) is 0 Å². The zero-order chi connectivity index (χ0) is 8.27. The topological polar surface area (TPSA) is 24.4 Å². The van der Waals surface area contributed by atoms with Gasteiger partial charge in [0.25, 0.3) is 0 Å². The molecule has 11 heavy (non-hydrogen) atoms. The van der Waals surface area contributed by atoms with Gasteiger partial charge < -0.3 is 0 Å². The van der Waals surface area contributed by atoms with Gasteiger partial charge in [-0.3, -0.25) is 5.43 Å². The van der Waals surface area contributed by atoms with Crippen molar-refractivity contribution in [1.82, 2.24) is 0 Å². The molecule has 0 radical (unpaired) electrons. The van der Waals surface area contributed by atoms with Gasteiger partial charge >= 0.3 is 0 Å². The van der Waals surface area contributed by atoms with Crippen molar-refractivity contribution in [3.05, 3.63) is 28.8 Å². The lowest BCUT2D eigenvalue weighted by Gasteiger charge is -2.03. The van der Waals surface area contributed by atoms with Gasteiger partial charge in [-0.05, 0) is 24.6 Å². The lowest BCUT2D eigenvalue weighted by molar-refractivity contribution is 1.32. The van der Waals surface area contributed by atoms with E-state index in [0.29, 0.717) is 5.02 Å². The first-order valence-corrected chi connectivity index (χ1v) is 3.59. The van der Waals surface area contributed by atoms with Gasteiger partial charge in [-0.2, -0.15) is 5.10 Å². The van der Waals surface area contributed by atoms with E-state index in [1.54, 1.807) is 0 Å². The Labute approximate surface area is 70.9 Å². The van der Waals surface area contributed by atoms with Crippen LogP contribution in [-0.2, 0) is 0 Å². The number of aryl methyl sites for hydroxylation is 1. The van der Waals surface area contributed by atoms with Crippen molar-refractivity contribution in [2.24, 2.45) is 5.10 Å². The molecule has 1 rings (SSSR count). The molecule has 58 valence electrons. The van der Waals surface area contributed by atoms with Crippen LogP contribution in [0.3, 0.4) is 0 Å². The Hall–Kier alpha value is -1.02. The molecule has 0 spiro atoms. The molecule has 0 bridgehead atoms. The summed E-state index contributed by atoms with van der Waals surface area (Å²) < 4.78 is 0. The molecule has 0 aliphatic rings. The molecule has 0 aliphatic carbocycles. The molecule has 0 heterocycles. The number of nitrogens with zero attached hydrogens (tertiary/aromatic N) is 1. The van der Waals surface area contributed by atoms with E-state index in [4.69, 9.17) is 11.6 Å². The van der Waals surface area contributed by atoms with E-state index >= 15 is 0 Å². The molecule has 2 nitrogen and oxygen atoms in total. The van der Waals surface area contributed by atoms with Crippen LogP contribution in [0.1, 0.15) is 5.56 Å². The maximum absolute atomic E-state index is 5.75. The summed E-state index contributed by atoms with van der Waals surface area (Å²) >= 11 is 5.75. The number of halogens is 1. The molecule has 3 heteroatoms. The van der Waals surface area contributed by atoms with Crippen LogP contribution in [0.15, 0.2) is 23.3 Å². The number of nitrogens with one attached hydrogen (secondary N) is 1. The van der Waals surface area contributed by atoms with Crippen molar-refractivity contribution in [2.75, 3.05) is 5.43 Å². The fraction of sp³-hybridized carbons (Fsp3) is 0.125. The van der Waals surface area contributed by atoms with E-state index in [-0.39, 0.29) is 0 Å². The SMILES string of the molecule is C=NNc1cc(Cl)ccc1C. The van der Waals surface area contributed by atoms with Gasteiger partial charge in [-0.1, -0.05) is 17.7 Å². The average molecular weight is 169 g/mol. The zero-order valence-electron chi connectivity index (χ0n) is 6.26. The van der Waals surface area contributed by atoms with E-state index in [9.17, 15) is 0 Å². The molecule has 0 aromatic heterocycles. The highest BCUT2D eigenvalue weighted by atomic mass is 35.5. The lowest BCUT2D eigenvalue weighted by Crippen LogP contribution is -1.89. The summed E-state index contributed by atoms with van der Waals surface area (Å²) in [5.41, 5.74) is 4.74. The molecule has 0 atom stereocenters. The summed E-state index contributed by atoms with van der Waals surface area (Å²) in [6, 6.07) is 5.58. The third-order valence-corrected chi connectivity index (χ3v) is 1.63. The van der Waals surface area contributed by atoms with E-state index < -0.39 is 0 Å². The summed E-state index contributed by atoms with van der Waals surface area (Å²) in [5.74, 6) is 0. The van der Waals surface area contributed by atoms with Crippen LogP contribution in [0.4, 0.5) is 5.69 Å². The largest absolute Gasteiger partial charge is 0.279 e. The first-order chi connectivity index (χ1) is 5.24. The number of benzene rings is 1. The van der Waals surface area contributed by atoms with Crippen LogP contribution in [0.25, 0.3) is 0 Å². The second kappa shape index (κ2) is 3.39. The molecule has 0 saturated carbocycles. The Bertz CT molecular complexity index is 271. The van der Waals surface area contributed by atoms with Gasteiger partial charge in [0.1, 0.15) is 0 Å². The Balaban J connectivity index is 3.01. The van der Waals surface area contributed by atoms with E-state index in [0.717, 1.165) is 11.3 Å². The lowest BCUT2D eigenvalue weighted by atomic mass is 10.2. The summed E-state index contributed by atoms with van der Waals surface area (Å²) in [6.45, 7) is 5.30. The van der Waals surface area contributed by atoms with Gasteiger partial charge in [-0.25, -0.2) is 0 Å². The maximum Gasteiger partial charge on any atom is 0.0605 e. The number of anilines is 1. The van der Waals surface area contributed by atoms with Crippen molar-refractivity contribution in [1.29, 1.82) is 0 Å². The fourth-order valence-corrected chi connectivity index (χ4v) is 0.972. The highest BCUT2D eigenvalue weighted by Gasteiger charge is 1.95. The third-order valence-electron chi connectivity index (χ3n) is 1.40. The minimum absolute atomic E-state index is 0.696. The Kier molecular flexibility index (Phi) is 2.49. The quantitative estimate of drug-likeness (QED) is 0.533. The number of rotatable bonds is 2. The van der Waals surface area contributed by atoms with Crippen molar-refractivity contribution in [3.8, 4) is 0 Å². The van der Waals surface area contributed by atoms with Gasteiger partial charge in [0.05, 0.1) is 5.69 Å². The summed E-state index contributed by atoms with van der Waals surface area (Å²) in [7, 11) is 0. The summed E-state index contributed by atoms with van der Waals surface area (Å²) in [4.78, 5) is 0. The molecule has 0 amide bonds. The van der Waals surface area contributed by atoms with Gasteiger partial charge in [0.2, 0.25) is 0 Å². The van der Waals surface area contributed by atoms with Gasteiger partial charge in [0, 0.05) is 11.7 Å². The molecule has 0 saturated heterocycles. The van der Waals surface area contributed by atoms with Crippen LogP contribution >= 0.6 is 11.6 Å². The Morgan fingerprint density at radius 3 is 2.91 bits per heavy atom. The second-order valence-electron chi connectivity index (χ2n) is 2.23.